The van der Waals surface area contributed by atoms with Gasteiger partial charge in [-0.25, -0.2) is 9.59 Å². The minimum atomic E-state index is -0.819. The molecule has 13 heteroatoms. The summed E-state index contributed by atoms with van der Waals surface area (Å²) in [5, 5.41) is 17.9. The number of urea groups is 2. The summed E-state index contributed by atoms with van der Waals surface area (Å²) in [5.41, 5.74) is 3.40. The molecule has 0 spiro atoms. The van der Waals surface area contributed by atoms with Crippen molar-refractivity contribution < 1.29 is 23.9 Å². The van der Waals surface area contributed by atoms with E-state index in [9.17, 15) is 19.2 Å². The Morgan fingerprint density at radius 3 is 1.30 bits per heavy atom. The molecule has 2 aromatic carbocycles. The monoisotopic (exact) mass is 776 g/mol. The number of amides is 6. The number of rotatable bonds is 20. The number of nitrogens with one attached hydrogen (secondary N) is 6. The van der Waals surface area contributed by atoms with Gasteiger partial charge in [0.05, 0.1) is 36.6 Å². The summed E-state index contributed by atoms with van der Waals surface area (Å²) in [4.78, 5) is 62.9. The molecule has 0 bridgehead atoms. The minimum absolute atomic E-state index is 0.171. The average Bonchev–Trinajstić information content (AvgIpc) is 4.05. The van der Waals surface area contributed by atoms with Crippen LogP contribution in [0.1, 0.15) is 63.1 Å². The lowest BCUT2D eigenvalue weighted by atomic mass is 9.93. The van der Waals surface area contributed by atoms with E-state index in [4.69, 9.17) is 4.74 Å². The second kappa shape index (κ2) is 21.5. The van der Waals surface area contributed by atoms with Gasteiger partial charge < -0.3 is 36.6 Å². The summed E-state index contributed by atoms with van der Waals surface area (Å²) < 4.78 is 6.42. The van der Waals surface area contributed by atoms with Crippen LogP contribution in [-0.4, -0.2) is 70.2 Å². The fourth-order valence-electron chi connectivity index (χ4n) is 6.70. The van der Waals surface area contributed by atoms with Gasteiger partial charge in [0.25, 0.3) is 0 Å². The van der Waals surface area contributed by atoms with Gasteiger partial charge in [0.2, 0.25) is 11.8 Å². The van der Waals surface area contributed by atoms with Gasteiger partial charge in [-0.3, -0.25) is 19.6 Å². The third kappa shape index (κ3) is 13.1. The highest BCUT2D eigenvalue weighted by atomic mass is 16.6. The van der Waals surface area contributed by atoms with E-state index in [1.54, 1.807) is 24.5 Å². The maximum absolute atomic E-state index is 14.1. The van der Waals surface area contributed by atoms with Crippen molar-refractivity contribution >= 4 is 23.9 Å². The normalized spacial score (nSPS) is 17.7. The molecule has 6 N–H and O–H groups in total. The van der Waals surface area contributed by atoms with Crippen molar-refractivity contribution in [3.63, 3.8) is 0 Å². The highest BCUT2D eigenvalue weighted by Gasteiger charge is 2.51. The van der Waals surface area contributed by atoms with E-state index in [0.29, 0.717) is 37.1 Å². The van der Waals surface area contributed by atoms with Gasteiger partial charge in [0.1, 0.15) is 24.3 Å². The predicted molar refractivity (Wildman–Crippen MR) is 219 cm³/mol. The van der Waals surface area contributed by atoms with Gasteiger partial charge in [-0.1, -0.05) is 113 Å². The van der Waals surface area contributed by atoms with Gasteiger partial charge in [-0.15, -0.1) is 0 Å². The van der Waals surface area contributed by atoms with Crippen LogP contribution in [0.25, 0.3) is 0 Å². The van der Waals surface area contributed by atoms with Crippen LogP contribution >= 0.6 is 0 Å². The maximum Gasteiger partial charge on any atom is 0.315 e. The predicted octanol–water partition coefficient (Wildman–Crippen LogP) is 4.83. The van der Waals surface area contributed by atoms with E-state index in [-0.39, 0.29) is 36.7 Å². The molecule has 1 fully saturated rings. The summed E-state index contributed by atoms with van der Waals surface area (Å²) in [6, 6.07) is 27.0. The Morgan fingerprint density at radius 2 is 0.947 bits per heavy atom. The Balaban J connectivity index is 1.32. The smallest absolute Gasteiger partial charge is 0.315 e. The molecule has 302 valence electrons. The Morgan fingerprint density at radius 1 is 0.561 bits per heavy atom. The van der Waals surface area contributed by atoms with Crippen LogP contribution in [0, 0.1) is 11.8 Å². The van der Waals surface area contributed by atoms with Crippen molar-refractivity contribution in [2.24, 2.45) is 11.8 Å². The van der Waals surface area contributed by atoms with Gasteiger partial charge >= 0.3 is 12.1 Å². The maximum atomic E-state index is 14.1. The Hall–Kier alpha value is -5.82. The molecule has 1 saturated heterocycles. The van der Waals surface area contributed by atoms with Crippen LogP contribution in [0.2, 0.25) is 0 Å². The molecule has 1 aliphatic rings. The molecular weight excluding hydrogens is 721 g/mol. The molecule has 3 heterocycles. The first-order valence-corrected chi connectivity index (χ1v) is 19.9. The van der Waals surface area contributed by atoms with E-state index >= 15 is 0 Å². The van der Waals surface area contributed by atoms with Crippen molar-refractivity contribution in [2.75, 3.05) is 0 Å². The SMILES string of the molecule is CCC(C)[C@H](NC(=O)NCc1ccccn1)C(=O)N[C@@H](Cc1ccccc1)[C@@H]1O[C@@H]1[C@H](Cc1ccccc1)NC(=O)[C@@H](NC(=O)NCc1ccccn1)C(C)CC. The number of benzene rings is 2. The van der Waals surface area contributed by atoms with E-state index in [1.807, 2.05) is 113 Å². The largest absolute Gasteiger partial charge is 0.365 e. The minimum Gasteiger partial charge on any atom is -0.365 e. The van der Waals surface area contributed by atoms with Crippen LogP contribution in [0.3, 0.4) is 0 Å². The first-order chi connectivity index (χ1) is 27.6. The van der Waals surface area contributed by atoms with Gasteiger partial charge in [-0.05, 0) is 60.1 Å². The second-order valence-electron chi connectivity index (χ2n) is 14.7. The van der Waals surface area contributed by atoms with Crippen molar-refractivity contribution in [3.8, 4) is 0 Å². The van der Waals surface area contributed by atoms with Crippen LogP contribution in [0.4, 0.5) is 9.59 Å². The molecule has 8 atom stereocenters. The van der Waals surface area contributed by atoms with Crippen LogP contribution in [0.5, 0.6) is 0 Å². The number of nitrogens with zero attached hydrogens (tertiary/aromatic N) is 2. The lowest BCUT2D eigenvalue weighted by Gasteiger charge is -2.28. The molecule has 5 rings (SSSR count). The lowest BCUT2D eigenvalue weighted by Crippen LogP contribution is -2.57. The number of epoxide rings is 1. The number of pyridine rings is 2. The highest BCUT2D eigenvalue weighted by molar-refractivity contribution is 5.88. The Kier molecular flexibility index (Phi) is 15.9. The van der Waals surface area contributed by atoms with Crippen molar-refractivity contribution in [2.45, 2.75) is 103 Å². The molecular formula is C44H56N8O5. The number of carbonyl (C=O) groups is 4. The summed E-state index contributed by atoms with van der Waals surface area (Å²) in [6.45, 7) is 8.24. The third-order valence-electron chi connectivity index (χ3n) is 10.5. The van der Waals surface area contributed by atoms with E-state index in [2.05, 4.69) is 41.9 Å². The fourth-order valence-corrected chi connectivity index (χ4v) is 6.70. The first kappa shape index (κ1) is 42.3. The number of hydrogen-bond donors (Lipinski definition) is 6. The van der Waals surface area contributed by atoms with Crippen LogP contribution in [0.15, 0.2) is 109 Å². The van der Waals surface area contributed by atoms with E-state index < -0.39 is 48.4 Å². The van der Waals surface area contributed by atoms with E-state index in [1.165, 1.54) is 0 Å². The molecule has 0 saturated carbocycles. The fraction of sp³-hybridized carbons (Fsp3) is 0.409. The zero-order chi connectivity index (χ0) is 40.6. The molecule has 4 aromatic rings. The molecule has 57 heavy (non-hydrogen) atoms. The lowest BCUT2D eigenvalue weighted by molar-refractivity contribution is -0.125. The zero-order valence-electron chi connectivity index (χ0n) is 33.2. The van der Waals surface area contributed by atoms with Crippen molar-refractivity contribution in [1.82, 2.24) is 41.9 Å². The summed E-state index contributed by atoms with van der Waals surface area (Å²) in [6.07, 6.45) is 4.66. The quantitative estimate of drug-likeness (QED) is 0.0697. The number of hydrogen-bond acceptors (Lipinski definition) is 7. The molecule has 2 unspecified atom stereocenters. The number of aromatic nitrogens is 2. The Bertz CT molecular complexity index is 1720. The molecule has 0 aliphatic carbocycles. The molecule has 6 amide bonds. The number of carbonyl (C=O) groups excluding carboxylic acids is 4. The van der Waals surface area contributed by atoms with Crippen molar-refractivity contribution in [1.29, 1.82) is 0 Å². The molecule has 0 radical (unpaired) electrons. The standard InChI is InChI=1S/C44H56N8O5/c1-5-29(3)37(51-43(55)47-27-33-21-13-15-23-45-33)41(53)49-35(25-31-17-9-7-10-18-31)39-40(57-39)36(26-32-19-11-8-12-20-32)50-42(54)38(30(4)6-2)52-44(56)48-28-34-22-14-16-24-46-34/h7-24,29-30,35-40H,5-6,25-28H2,1-4H3,(H,49,53)(H,50,54)(H2,47,51,55)(H2,48,52,56)/t29?,30?,35-,36-,37-,38-,39-,40+/m0/s1. The summed E-state index contributed by atoms with van der Waals surface area (Å²) in [5.74, 6) is -0.992. The zero-order valence-corrected chi connectivity index (χ0v) is 33.2. The third-order valence-corrected chi connectivity index (χ3v) is 10.5. The summed E-state index contributed by atoms with van der Waals surface area (Å²) >= 11 is 0. The van der Waals surface area contributed by atoms with Gasteiger partial charge in [-0.2, -0.15) is 0 Å². The van der Waals surface area contributed by atoms with E-state index in [0.717, 1.165) is 11.1 Å². The Labute approximate surface area is 335 Å². The molecule has 1 aliphatic heterocycles. The number of ether oxygens (including phenoxy) is 1. The topological polar surface area (TPSA) is 179 Å². The molecule has 13 nitrogen and oxygen atoms in total. The summed E-state index contributed by atoms with van der Waals surface area (Å²) in [7, 11) is 0. The molecule has 2 aromatic heterocycles. The van der Waals surface area contributed by atoms with Crippen LogP contribution < -0.4 is 31.9 Å². The van der Waals surface area contributed by atoms with Crippen molar-refractivity contribution in [3.05, 3.63) is 132 Å². The first-order valence-electron chi connectivity index (χ1n) is 19.9. The van der Waals surface area contributed by atoms with Crippen LogP contribution in [-0.2, 0) is 40.3 Å². The average molecular weight is 777 g/mol. The highest BCUT2D eigenvalue weighted by Crippen LogP contribution is 2.32. The second-order valence-corrected chi connectivity index (χ2v) is 14.7. The van der Waals surface area contributed by atoms with Gasteiger partial charge in [0.15, 0.2) is 0 Å². The van der Waals surface area contributed by atoms with Gasteiger partial charge in [0, 0.05) is 12.4 Å².